The van der Waals surface area contributed by atoms with E-state index in [0.29, 0.717) is 6.61 Å². The third kappa shape index (κ3) is 19.7. The first-order chi connectivity index (χ1) is 21.1. The minimum Gasteiger partial charge on any atom is -0.458 e. The van der Waals surface area contributed by atoms with Crippen molar-refractivity contribution >= 4 is 16.4 Å². The Balaban J connectivity index is 2.20. The van der Waals surface area contributed by atoms with Gasteiger partial charge in [-0.05, 0) is 38.5 Å². The minimum atomic E-state index is -5.04. The molecule has 6 atom stereocenters. The summed E-state index contributed by atoms with van der Waals surface area (Å²) in [5, 5.41) is 29.9. The number of hydrogen-bond acceptors (Lipinski definition) is 11. The summed E-state index contributed by atoms with van der Waals surface area (Å²) in [5.41, 5.74) is 0. The Bertz CT molecular complexity index is 936. The van der Waals surface area contributed by atoms with Gasteiger partial charge in [-0.15, -0.1) is 0 Å². The largest absolute Gasteiger partial charge is 0.458 e. The molecule has 1 heterocycles. The molecule has 44 heavy (non-hydrogen) atoms. The summed E-state index contributed by atoms with van der Waals surface area (Å²) < 4.78 is 57.2. The molecule has 0 aromatic heterocycles. The predicted molar refractivity (Wildman–Crippen MR) is 165 cm³/mol. The van der Waals surface area contributed by atoms with E-state index in [1.807, 2.05) is 0 Å². The van der Waals surface area contributed by atoms with Crippen molar-refractivity contribution in [2.24, 2.45) is 0 Å². The monoisotopic (exact) mass is 650 g/mol. The van der Waals surface area contributed by atoms with Crippen LogP contribution in [0.15, 0.2) is 36.5 Å². The second-order valence-corrected chi connectivity index (χ2v) is 11.8. The third-order valence-corrected chi connectivity index (χ3v) is 7.29. The van der Waals surface area contributed by atoms with Crippen LogP contribution in [-0.2, 0) is 38.3 Å². The number of allylic oxidation sites excluding steroid dienone is 6. The van der Waals surface area contributed by atoms with Crippen LogP contribution in [0.1, 0.15) is 90.9 Å². The van der Waals surface area contributed by atoms with Crippen LogP contribution >= 0.6 is 0 Å². The zero-order valence-electron chi connectivity index (χ0n) is 26.2. The third-order valence-electron chi connectivity index (χ3n) is 6.83. The Morgan fingerprint density at radius 1 is 0.864 bits per heavy atom. The topological polar surface area (TPSA) is 178 Å². The summed E-state index contributed by atoms with van der Waals surface area (Å²) in [5.74, 6) is -0.581. The van der Waals surface area contributed by atoms with E-state index in [9.17, 15) is 28.5 Å². The Morgan fingerprint density at radius 2 is 1.45 bits per heavy atom. The number of rotatable bonds is 25. The van der Waals surface area contributed by atoms with Crippen molar-refractivity contribution in [3.8, 4) is 0 Å². The number of carbonyl (C=O) groups is 1. The van der Waals surface area contributed by atoms with Gasteiger partial charge < -0.3 is 34.3 Å². The van der Waals surface area contributed by atoms with E-state index in [0.717, 1.165) is 44.9 Å². The molecule has 1 fully saturated rings. The van der Waals surface area contributed by atoms with Crippen molar-refractivity contribution < 1.29 is 56.2 Å². The number of carbonyl (C=O) groups excluding carboxylic acids is 1. The lowest BCUT2D eigenvalue weighted by Gasteiger charge is -2.41. The number of ether oxygens (including phenoxy) is 4. The molecule has 1 saturated heterocycles. The molecule has 1 aliphatic heterocycles. The fraction of sp³-hybridized carbons (Fsp3) is 0.774. The number of aliphatic hydroxyl groups excluding tert-OH is 3. The molecule has 0 amide bonds. The molecule has 256 valence electrons. The van der Waals surface area contributed by atoms with Crippen LogP contribution in [0.2, 0.25) is 0 Å². The van der Waals surface area contributed by atoms with Crippen molar-refractivity contribution in [1.82, 2.24) is 0 Å². The van der Waals surface area contributed by atoms with Crippen LogP contribution < -0.4 is 0 Å². The highest BCUT2D eigenvalue weighted by Gasteiger charge is 2.47. The van der Waals surface area contributed by atoms with Gasteiger partial charge in [0.25, 0.3) is 0 Å². The van der Waals surface area contributed by atoms with Gasteiger partial charge in [0.05, 0.1) is 19.8 Å². The van der Waals surface area contributed by atoms with Crippen LogP contribution in [0, 0.1) is 0 Å². The smallest absolute Gasteiger partial charge is 0.397 e. The Morgan fingerprint density at radius 3 is 2.05 bits per heavy atom. The first kappa shape index (κ1) is 40.3. The highest BCUT2D eigenvalue weighted by atomic mass is 32.3. The van der Waals surface area contributed by atoms with Gasteiger partial charge in [-0.3, -0.25) is 9.35 Å². The van der Waals surface area contributed by atoms with Crippen molar-refractivity contribution in [2.45, 2.75) is 128 Å². The van der Waals surface area contributed by atoms with Crippen LogP contribution in [-0.4, -0.2) is 97.5 Å². The lowest BCUT2D eigenvalue weighted by molar-refractivity contribution is -0.301. The molecule has 0 saturated carbocycles. The summed E-state index contributed by atoms with van der Waals surface area (Å²) in [6, 6.07) is 0. The molecule has 4 N–H and O–H groups in total. The summed E-state index contributed by atoms with van der Waals surface area (Å²) >= 11 is 0. The zero-order chi connectivity index (χ0) is 32.6. The molecule has 1 aliphatic rings. The lowest BCUT2D eigenvalue weighted by atomic mass is 9.99. The van der Waals surface area contributed by atoms with Gasteiger partial charge in [-0.25, -0.2) is 4.18 Å². The average molecular weight is 651 g/mol. The van der Waals surface area contributed by atoms with Crippen molar-refractivity contribution in [1.29, 1.82) is 0 Å². The standard InChI is InChI=1S/C31H54O12S/c1-3-4-5-6-7-8-9-10-11-12-13-14-15-16-17-18-19-20-21-39-23-26(41-25(2)33)24-40-31-29(35)30(43-44(36,37)38)28(34)27(22-32)42-31/h4-5,7-8,10-11,26-32,34-35H,3,6,9,12-24H2,1-2H3,(H,36,37,38)/b5-4-,8-7-,11-10-. The summed E-state index contributed by atoms with van der Waals surface area (Å²) in [6.07, 6.45) is 17.3. The fourth-order valence-electron chi connectivity index (χ4n) is 4.57. The molecule has 12 nitrogen and oxygen atoms in total. The van der Waals surface area contributed by atoms with E-state index < -0.39 is 59.8 Å². The van der Waals surface area contributed by atoms with Crippen LogP contribution in [0.25, 0.3) is 0 Å². The van der Waals surface area contributed by atoms with Crippen molar-refractivity contribution in [3.05, 3.63) is 36.5 Å². The van der Waals surface area contributed by atoms with E-state index in [4.69, 9.17) is 23.5 Å². The maximum Gasteiger partial charge on any atom is 0.397 e. The van der Waals surface area contributed by atoms with Crippen LogP contribution in [0.5, 0.6) is 0 Å². The summed E-state index contributed by atoms with van der Waals surface area (Å²) in [6.45, 7) is 2.79. The highest BCUT2D eigenvalue weighted by molar-refractivity contribution is 7.80. The number of unbranched alkanes of at least 4 members (excludes halogenated alkanes) is 8. The molecule has 0 aromatic carbocycles. The Hall–Kier alpha value is -1.68. The summed E-state index contributed by atoms with van der Waals surface area (Å²) in [4.78, 5) is 11.5. The second kappa shape index (κ2) is 24.5. The van der Waals surface area contributed by atoms with E-state index in [-0.39, 0.29) is 13.2 Å². The van der Waals surface area contributed by atoms with E-state index in [2.05, 4.69) is 47.6 Å². The van der Waals surface area contributed by atoms with Crippen molar-refractivity contribution in [3.63, 3.8) is 0 Å². The Kier molecular flexibility index (Phi) is 22.5. The number of esters is 1. The van der Waals surface area contributed by atoms with Gasteiger partial charge >= 0.3 is 16.4 Å². The maximum absolute atomic E-state index is 11.5. The van der Waals surface area contributed by atoms with Crippen LogP contribution in [0.4, 0.5) is 0 Å². The van der Waals surface area contributed by atoms with Gasteiger partial charge in [0.1, 0.15) is 30.5 Å². The number of aliphatic hydroxyl groups is 3. The maximum atomic E-state index is 11.5. The molecule has 0 aromatic rings. The summed E-state index contributed by atoms with van der Waals surface area (Å²) in [7, 11) is -5.04. The minimum absolute atomic E-state index is 0.0143. The molecular formula is C31H54O12S. The van der Waals surface area contributed by atoms with Crippen molar-refractivity contribution in [2.75, 3.05) is 26.4 Å². The molecule has 0 bridgehead atoms. The fourth-order valence-corrected chi connectivity index (χ4v) is 5.07. The Labute approximate surface area is 263 Å². The predicted octanol–water partition coefficient (Wildman–Crippen LogP) is 3.95. The zero-order valence-corrected chi connectivity index (χ0v) is 27.0. The average Bonchev–Trinajstić information content (AvgIpc) is 2.97. The molecule has 0 aliphatic carbocycles. The molecule has 0 radical (unpaired) electrons. The van der Waals surface area contributed by atoms with E-state index >= 15 is 0 Å². The molecule has 6 unspecified atom stereocenters. The molecule has 13 heteroatoms. The normalized spacial score (nSPS) is 23.6. The first-order valence-corrected chi connectivity index (χ1v) is 17.0. The van der Waals surface area contributed by atoms with Gasteiger partial charge in [-0.2, -0.15) is 8.42 Å². The van der Waals surface area contributed by atoms with E-state index in [1.165, 1.54) is 39.0 Å². The van der Waals surface area contributed by atoms with Gasteiger partial charge in [-0.1, -0.05) is 81.9 Å². The van der Waals surface area contributed by atoms with Gasteiger partial charge in [0.2, 0.25) is 0 Å². The number of hydrogen-bond donors (Lipinski definition) is 4. The molecule has 0 spiro atoms. The van der Waals surface area contributed by atoms with E-state index in [1.54, 1.807) is 0 Å². The second-order valence-electron chi connectivity index (χ2n) is 10.7. The van der Waals surface area contributed by atoms with Crippen LogP contribution in [0.3, 0.4) is 0 Å². The SMILES string of the molecule is CC/C=C\C/C=C\C/C=C\CCCCCCCCCCOCC(COC1OC(CO)C(O)C(OS(=O)(=O)O)C1O)OC(C)=O. The molecular weight excluding hydrogens is 596 g/mol. The first-order valence-electron chi connectivity index (χ1n) is 15.7. The van der Waals surface area contributed by atoms with Gasteiger partial charge in [0.15, 0.2) is 6.29 Å². The van der Waals surface area contributed by atoms with Gasteiger partial charge in [0, 0.05) is 13.5 Å². The quantitative estimate of drug-likeness (QED) is 0.0485. The highest BCUT2D eigenvalue weighted by Crippen LogP contribution is 2.25. The molecule has 1 rings (SSSR count). The lowest BCUT2D eigenvalue weighted by Crippen LogP contribution is -2.60.